The largest absolute Gasteiger partial charge is 0.418 e. The van der Waals surface area contributed by atoms with E-state index in [-0.39, 0.29) is 6.04 Å². The molecule has 4 nitrogen and oxygen atoms in total. The first kappa shape index (κ1) is 14.2. The Morgan fingerprint density at radius 3 is 2.50 bits per heavy atom. The summed E-state index contributed by atoms with van der Waals surface area (Å²) in [4.78, 5) is 0. The van der Waals surface area contributed by atoms with E-state index < -0.39 is 11.6 Å². The van der Waals surface area contributed by atoms with Gasteiger partial charge in [0.05, 0.1) is 0 Å². The van der Waals surface area contributed by atoms with Gasteiger partial charge in [-0.15, -0.1) is 10.2 Å². The molecule has 22 heavy (non-hydrogen) atoms. The Balaban J connectivity index is 1.77. The van der Waals surface area contributed by atoms with Crippen molar-refractivity contribution in [1.82, 2.24) is 10.2 Å². The molecule has 0 aliphatic heterocycles. The second-order valence-electron chi connectivity index (χ2n) is 4.81. The molecule has 3 rings (SSSR count). The standard InChI is InChI=1S/C16H13F2N3O/c1-10(19-12-7-8-13(17)14(18)9-12)15-20-21-16(22-15)11-5-3-2-4-6-11/h2-10,19H,1H3. The van der Waals surface area contributed by atoms with E-state index in [1.165, 1.54) is 6.07 Å². The highest BCUT2D eigenvalue weighted by Crippen LogP contribution is 2.23. The maximum atomic E-state index is 13.2. The van der Waals surface area contributed by atoms with Gasteiger partial charge >= 0.3 is 0 Å². The summed E-state index contributed by atoms with van der Waals surface area (Å²) in [7, 11) is 0. The van der Waals surface area contributed by atoms with Crippen molar-refractivity contribution < 1.29 is 13.2 Å². The summed E-state index contributed by atoms with van der Waals surface area (Å²) in [6, 6.07) is 12.6. The Bertz CT molecular complexity index is 774. The summed E-state index contributed by atoms with van der Waals surface area (Å²) in [6.45, 7) is 1.80. The fourth-order valence-electron chi connectivity index (χ4n) is 2.00. The summed E-state index contributed by atoms with van der Waals surface area (Å²) in [5.41, 5.74) is 1.26. The molecule has 0 saturated carbocycles. The minimum absolute atomic E-state index is 0.338. The third kappa shape index (κ3) is 2.95. The molecule has 112 valence electrons. The lowest BCUT2D eigenvalue weighted by atomic mass is 10.2. The third-order valence-corrected chi connectivity index (χ3v) is 3.13. The van der Waals surface area contributed by atoms with Gasteiger partial charge in [0.2, 0.25) is 11.8 Å². The number of hydrogen-bond acceptors (Lipinski definition) is 4. The van der Waals surface area contributed by atoms with E-state index in [9.17, 15) is 8.78 Å². The molecule has 0 bridgehead atoms. The molecular formula is C16H13F2N3O. The second-order valence-corrected chi connectivity index (χ2v) is 4.81. The summed E-state index contributed by atoms with van der Waals surface area (Å²) in [5, 5.41) is 11.0. The van der Waals surface area contributed by atoms with Gasteiger partial charge in [-0.2, -0.15) is 0 Å². The molecule has 0 fully saturated rings. The van der Waals surface area contributed by atoms with Crippen LogP contribution in [0.1, 0.15) is 18.9 Å². The number of benzene rings is 2. The molecule has 3 aromatic rings. The van der Waals surface area contributed by atoms with Crippen LogP contribution in [0.2, 0.25) is 0 Å². The van der Waals surface area contributed by atoms with E-state index >= 15 is 0 Å². The van der Waals surface area contributed by atoms with Crippen molar-refractivity contribution in [2.24, 2.45) is 0 Å². The van der Waals surface area contributed by atoms with Crippen molar-refractivity contribution in [3.05, 3.63) is 66.1 Å². The summed E-state index contributed by atoms with van der Waals surface area (Å²) < 4.78 is 31.7. The van der Waals surface area contributed by atoms with Gasteiger partial charge in [-0.3, -0.25) is 0 Å². The zero-order chi connectivity index (χ0) is 15.5. The van der Waals surface area contributed by atoms with Crippen LogP contribution in [0.15, 0.2) is 52.9 Å². The highest BCUT2D eigenvalue weighted by atomic mass is 19.2. The predicted octanol–water partition coefficient (Wildman–Crippen LogP) is 4.19. The van der Waals surface area contributed by atoms with Crippen molar-refractivity contribution in [2.45, 2.75) is 13.0 Å². The van der Waals surface area contributed by atoms with Crippen LogP contribution in [-0.4, -0.2) is 10.2 Å². The van der Waals surface area contributed by atoms with E-state index in [4.69, 9.17) is 4.42 Å². The first-order valence-electron chi connectivity index (χ1n) is 6.74. The van der Waals surface area contributed by atoms with Crippen LogP contribution in [-0.2, 0) is 0 Å². The van der Waals surface area contributed by atoms with E-state index in [0.717, 1.165) is 17.7 Å². The lowest BCUT2D eigenvalue weighted by molar-refractivity contribution is 0.484. The molecule has 0 saturated heterocycles. The van der Waals surface area contributed by atoms with Crippen LogP contribution in [0.4, 0.5) is 14.5 Å². The van der Waals surface area contributed by atoms with Gasteiger partial charge in [-0.25, -0.2) is 8.78 Å². The van der Waals surface area contributed by atoms with Crippen molar-refractivity contribution in [3.8, 4) is 11.5 Å². The molecule has 6 heteroatoms. The smallest absolute Gasteiger partial charge is 0.247 e. The molecule has 0 aliphatic carbocycles. The number of halogens is 2. The average Bonchev–Trinajstić information content (AvgIpc) is 3.02. The third-order valence-electron chi connectivity index (χ3n) is 3.13. The highest BCUT2D eigenvalue weighted by molar-refractivity contribution is 5.52. The van der Waals surface area contributed by atoms with Crippen molar-refractivity contribution in [2.75, 3.05) is 5.32 Å². The first-order valence-corrected chi connectivity index (χ1v) is 6.74. The van der Waals surface area contributed by atoms with Gasteiger partial charge in [0.25, 0.3) is 0 Å². The van der Waals surface area contributed by atoms with Crippen molar-refractivity contribution in [1.29, 1.82) is 0 Å². The Kier molecular flexibility index (Phi) is 3.82. The van der Waals surface area contributed by atoms with Crippen LogP contribution < -0.4 is 5.32 Å². The molecule has 0 spiro atoms. The Hall–Kier alpha value is -2.76. The van der Waals surface area contributed by atoms with E-state index in [1.54, 1.807) is 6.92 Å². The van der Waals surface area contributed by atoms with E-state index in [2.05, 4.69) is 15.5 Å². The van der Waals surface area contributed by atoms with Crippen LogP contribution in [0.5, 0.6) is 0 Å². The van der Waals surface area contributed by atoms with Gasteiger partial charge < -0.3 is 9.73 Å². The normalized spacial score (nSPS) is 12.1. The SMILES string of the molecule is CC(Nc1ccc(F)c(F)c1)c1nnc(-c2ccccc2)o1. The number of hydrogen-bond donors (Lipinski definition) is 1. The Morgan fingerprint density at radius 2 is 1.77 bits per heavy atom. The fraction of sp³-hybridized carbons (Fsp3) is 0.125. The molecule has 2 aromatic carbocycles. The molecule has 1 atom stereocenters. The van der Waals surface area contributed by atoms with Crippen LogP contribution in [0, 0.1) is 11.6 Å². The molecule has 1 aromatic heterocycles. The quantitative estimate of drug-likeness (QED) is 0.785. The molecule has 1 unspecified atom stereocenters. The molecule has 0 aliphatic rings. The van der Waals surface area contributed by atoms with Crippen LogP contribution >= 0.6 is 0 Å². The number of nitrogens with one attached hydrogen (secondary N) is 1. The van der Waals surface area contributed by atoms with Gasteiger partial charge in [0.1, 0.15) is 6.04 Å². The second kappa shape index (κ2) is 5.93. The molecule has 0 amide bonds. The van der Waals surface area contributed by atoms with Gasteiger partial charge in [-0.1, -0.05) is 18.2 Å². The van der Waals surface area contributed by atoms with E-state index in [0.29, 0.717) is 17.5 Å². The minimum Gasteiger partial charge on any atom is -0.418 e. The molecule has 1 N–H and O–H groups in total. The van der Waals surface area contributed by atoms with Crippen LogP contribution in [0.3, 0.4) is 0 Å². The Labute approximate surface area is 125 Å². The number of aromatic nitrogens is 2. The average molecular weight is 301 g/mol. The summed E-state index contributed by atoms with van der Waals surface area (Å²) >= 11 is 0. The number of nitrogens with zero attached hydrogens (tertiary/aromatic N) is 2. The zero-order valence-corrected chi connectivity index (χ0v) is 11.8. The first-order chi connectivity index (χ1) is 10.6. The fourth-order valence-corrected chi connectivity index (χ4v) is 2.00. The zero-order valence-electron chi connectivity index (χ0n) is 11.8. The van der Waals surface area contributed by atoms with Crippen molar-refractivity contribution >= 4 is 5.69 Å². The lowest BCUT2D eigenvalue weighted by Crippen LogP contribution is -2.07. The van der Waals surface area contributed by atoms with Gasteiger partial charge in [0, 0.05) is 17.3 Å². The molecular weight excluding hydrogens is 288 g/mol. The number of anilines is 1. The lowest BCUT2D eigenvalue weighted by Gasteiger charge is -2.11. The molecule has 0 radical (unpaired) electrons. The predicted molar refractivity (Wildman–Crippen MR) is 78.1 cm³/mol. The number of rotatable bonds is 4. The monoisotopic (exact) mass is 301 g/mol. The van der Waals surface area contributed by atoms with Crippen molar-refractivity contribution in [3.63, 3.8) is 0 Å². The summed E-state index contributed by atoms with van der Waals surface area (Å²) in [5.74, 6) is -1.02. The van der Waals surface area contributed by atoms with Gasteiger partial charge in [-0.05, 0) is 31.2 Å². The Morgan fingerprint density at radius 1 is 1.00 bits per heavy atom. The maximum Gasteiger partial charge on any atom is 0.247 e. The maximum absolute atomic E-state index is 13.2. The van der Waals surface area contributed by atoms with E-state index in [1.807, 2.05) is 30.3 Å². The topological polar surface area (TPSA) is 51.0 Å². The van der Waals surface area contributed by atoms with Gasteiger partial charge in [0.15, 0.2) is 11.6 Å². The molecule has 1 heterocycles. The summed E-state index contributed by atoms with van der Waals surface area (Å²) in [6.07, 6.45) is 0. The minimum atomic E-state index is -0.910. The van der Waals surface area contributed by atoms with Crippen LogP contribution in [0.25, 0.3) is 11.5 Å². The highest BCUT2D eigenvalue weighted by Gasteiger charge is 2.15.